The Kier molecular flexibility index (Phi) is 2.81. The number of allylic oxidation sites excluding steroid dienone is 4. The first kappa shape index (κ1) is 7.04. The Hall–Kier alpha value is 0.930. The first-order valence-corrected chi connectivity index (χ1v) is 13.0. The summed E-state index contributed by atoms with van der Waals surface area (Å²) in [4.78, 5) is 0. The predicted octanol–water partition coefficient (Wildman–Crippen LogP) is 2.76. The fraction of sp³-hybridized carbons (Fsp3) is 0.200. The van der Waals surface area contributed by atoms with Crippen molar-refractivity contribution in [2.24, 2.45) is 0 Å². The molecule has 8 heavy (non-hydrogen) atoms. The van der Waals surface area contributed by atoms with E-state index in [4.69, 9.17) is 17.2 Å². The van der Waals surface area contributed by atoms with Crippen LogP contribution in [0.25, 0.3) is 0 Å². The minimum atomic E-state index is -2.10. The second kappa shape index (κ2) is 3.19. The van der Waals surface area contributed by atoms with Gasteiger partial charge in [-0.2, -0.15) is 0 Å². The van der Waals surface area contributed by atoms with Crippen LogP contribution in [-0.2, 0) is 19.1 Å². The molecule has 0 unspecified atom stereocenters. The monoisotopic (exact) mass is 315 g/mol. The molecule has 0 saturated carbocycles. The van der Waals surface area contributed by atoms with Crippen molar-refractivity contribution in [1.82, 2.24) is 0 Å². The van der Waals surface area contributed by atoms with E-state index in [1.165, 1.54) is 3.33 Å². The van der Waals surface area contributed by atoms with Gasteiger partial charge in [-0.05, 0) is 0 Å². The van der Waals surface area contributed by atoms with Crippen molar-refractivity contribution in [2.75, 3.05) is 0 Å². The van der Waals surface area contributed by atoms with Crippen molar-refractivity contribution in [3.8, 4) is 0 Å². The SMILES string of the molecule is [Cl][Hf]([Cl])[C]1=CC=CC1. The second-order valence-electron chi connectivity index (χ2n) is 1.58. The number of hydrogen-bond acceptors (Lipinski definition) is 0. The average Bonchev–Trinajstić information content (AvgIpc) is 2.12. The molecule has 43 valence electrons. The van der Waals surface area contributed by atoms with Gasteiger partial charge < -0.3 is 0 Å². The molecule has 0 aromatic carbocycles. The molecule has 0 bridgehead atoms. The minimum absolute atomic E-state index is 1.01. The Morgan fingerprint density at radius 3 is 2.50 bits per heavy atom. The zero-order valence-corrected chi connectivity index (χ0v) is 9.30. The van der Waals surface area contributed by atoms with Crippen molar-refractivity contribution in [3.63, 3.8) is 0 Å². The van der Waals surface area contributed by atoms with Gasteiger partial charge in [-0.25, -0.2) is 0 Å². The normalized spacial score (nSPS) is 16.5. The fourth-order valence-corrected chi connectivity index (χ4v) is 4.66. The molecule has 0 atom stereocenters. The van der Waals surface area contributed by atoms with Crippen LogP contribution in [0.1, 0.15) is 6.42 Å². The van der Waals surface area contributed by atoms with E-state index in [9.17, 15) is 0 Å². The van der Waals surface area contributed by atoms with Crippen molar-refractivity contribution >= 4 is 17.2 Å². The molecule has 0 N–H and O–H groups in total. The molecule has 0 nitrogen and oxygen atoms in total. The Bertz CT molecular complexity index is 137. The zero-order chi connectivity index (χ0) is 5.98. The van der Waals surface area contributed by atoms with Gasteiger partial charge in [0.2, 0.25) is 0 Å². The number of rotatable bonds is 1. The van der Waals surface area contributed by atoms with E-state index in [2.05, 4.69) is 6.08 Å². The second-order valence-corrected chi connectivity index (χ2v) is 13.5. The van der Waals surface area contributed by atoms with Gasteiger partial charge in [0, 0.05) is 0 Å². The third-order valence-electron chi connectivity index (χ3n) is 1.01. The summed E-state index contributed by atoms with van der Waals surface area (Å²) in [5.74, 6) is 0. The van der Waals surface area contributed by atoms with Crippen LogP contribution in [0.3, 0.4) is 0 Å². The van der Waals surface area contributed by atoms with Crippen LogP contribution in [0.4, 0.5) is 0 Å². The van der Waals surface area contributed by atoms with E-state index in [0.717, 1.165) is 6.42 Å². The van der Waals surface area contributed by atoms with Crippen LogP contribution in [0, 0.1) is 0 Å². The molecule has 0 heterocycles. The first-order valence-electron chi connectivity index (χ1n) is 2.35. The summed E-state index contributed by atoms with van der Waals surface area (Å²) in [6, 6.07) is 0. The van der Waals surface area contributed by atoms with Crippen LogP contribution in [0.2, 0.25) is 0 Å². The summed E-state index contributed by atoms with van der Waals surface area (Å²) in [6.45, 7) is 0. The molecule has 0 spiro atoms. The van der Waals surface area contributed by atoms with Crippen molar-refractivity contribution in [2.45, 2.75) is 6.42 Å². The molecular weight excluding hydrogens is 309 g/mol. The van der Waals surface area contributed by atoms with Crippen LogP contribution in [0.5, 0.6) is 0 Å². The maximum atomic E-state index is 5.75. The Morgan fingerprint density at radius 1 is 1.50 bits per heavy atom. The van der Waals surface area contributed by atoms with Crippen LogP contribution >= 0.6 is 17.2 Å². The summed E-state index contributed by atoms with van der Waals surface area (Å²) < 4.78 is 1.30. The van der Waals surface area contributed by atoms with Crippen molar-refractivity contribution < 1.29 is 19.1 Å². The van der Waals surface area contributed by atoms with Gasteiger partial charge in [0.25, 0.3) is 0 Å². The number of hydrogen-bond donors (Lipinski definition) is 0. The predicted molar refractivity (Wildman–Crippen MR) is 33.5 cm³/mol. The van der Waals surface area contributed by atoms with Crippen LogP contribution in [-0.4, -0.2) is 0 Å². The van der Waals surface area contributed by atoms with Gasteiger partial charge in [0.1, 0.15) is 0 Å². The van der Waals surface area contributed by atoms with Gasteiger partial charge in [0.05, 0.1) is 0 Å². The van der Waals surface area contributed by atoms with Crippen LogP contribution in [0.15, 0.2) is 21.6 Å². The molecule has 0 radical (unpaired) electrons. The molecule has 3 heteroatoms. The molecule has 0 fully saturated rings. The quantitative estimate of drug-likeness (QED) is 0.653. The Labute approximate surface area is 63.9 Å². The van der Waals surface area contributed by atoms with E-state index in [-0.39, 0.29) is 0 Å². The van der Waals surface area contributed by atoms with E-state index < -0.39 is 19.1 Å². The molecule has 0 aromatic heterocycles. The molecule has 1 rings (SSSR count). The van der Waals surface area contributed by atoms with Crippen molar-refractivity contribution in [1.29, 1.82) is 0 Å². The molecule has 0 aliphatic heterocycles. The Morgan fingerprint density at radius 2 is 2.25 bits per heavy atom. The Balaban J connectivity index is 2.51. The van der Waals surface area contributed by atoms with E-state index >= 15 is 0 Å². The summed E-state index contributed by atoms with van der Waals surface area (Å²) in [7, 11) is 11.5. The third kappa shape index (κ3) is 1.71. The van der Waals surface area contributed by atoms with Gasteiger partial charge in [-0.3, -0.25) is 0 Å². The van der Waals surface area contributed by atoms with Gasteiger partial charge >= 0.3 is 64.2 Å². The maximum absolute atomic E-state index is 5.75. The summed E-state index contributed by atoms with van der Waals surface area (Å²) in [5.41, 5.74) is 0. The molecular formula is C5H5Cl2Hf. The van der Waals surface area contributed by atoms with Gasteiger partial charge in [-0.1, -0.05) is 0 Å². The van der Waals surface area contributed by atoms with Gasteiger partial charge in [0.15, 0.2) is 0 Å². The van der Waals surface area contributed by atoms with E-state index in [0.29, 0.717) is 0 Å². The topological polar surface area (TPSA) is 0 Å². The fourth-order valence-electron chi connectivity index (χ4n) is 0.587. The molecule has 1 aliphatic rings. The summed E-state index contributed by atoms with van der Waals surface area (Å²) >= 11 is -2.10. The summed E-state index contributed by atoms with van der Waals surface area (Å²) in [5, 5.41) is 0. The average molecular weight is 314 g/mol. The number of halogens is 2. The molecule has 0 aromatic rings. The van der Waals surface area contributed by atoms with E-state index in [1.807, 2.05) is 12.2 Å². The molecule has 1 aliphatic carbocycles. The molecule has 0 saturated heterocycles. The van der Waals surface area contributed by atoms with Crippen molar-refractivity contribution in [3.05, 3.63) is 21.6 Å². The first-order chi connectivity index (χ1) is 3.80. The summed E-state index contributed by atoms with van der Waals surface area (Å²) in [6.07, 6.45) is 7.16. The standard InChI is InChI=1S/C5H5.2ClH.Hf/c1-2-4-5-3-1;;;/h1-3H,4H2;2*1H;/q;;;+2/p-2. The van der Waals surface area contributed by atoms with Gasteiger partial charge in [-0.15, -0.1) is 0 Å². The van der Waals surface area contributed by atoms with Crippen LogP contribution < -0.4 is 0 Å². The zero-order valence-electron chi connectivity index (χ0n) is 4.20. The molecule has 0 amide bonds. The third-order valence-corrected chi connectivity index (χ3v) is 8.06. The van der Waals surface area contributed by atoms with E-state index in [1.54, 1.807) is 0 Å².